The lowest BCUT2D eigenvalue weighted by atomic mass is 10.2. The maximum atomic E-state index is 12.3. The molecule has 116 valence electrons. The average Bonchev–Trinajstić information content (AvgIpc) is 2.96. The Balaban J connectivity index is 2.12. The number of rotatable bonds is 5. The zero-order valence-corrected chi connectivity index (χ0v) is 13.7. The maximum Gasteiger partial charge on any atom is 0.308 e. The van der Waals surface area contributed by atoms with Gasteiger partial charge in [-0.1, -0.05) is 30.7 Å². The number of amides is 1. The first-order valence-electron chi connectivity index (χ1n) is 6.58. The quantitative estimate of drug-likeness (QED) is 0.908. The van der Waals surface area contributed by atoms with Crippen molar-refractivity contribution < 1.29 is 14.7 Å². The first kappa shape index (κ1) is 16.5. The van der Waals surface area contributed by atoms with E-state index in [1.165, 1.54) is 16.2 Å². The van der Waals surface area contributed by atoms with Crippen molar-refractivity contribution >= 4 is 34.8 Å². The predicted octanol–water partition coefficient (Wildman–Crippen LogP) is 3.26. The maximum absolute atomic E-state index is 12.3. The van der Waals surface area contributed by atoms with Gasteiger partial charge in [-0.15, -0.1) is 11.3 Å². The van der Waals surface area contributed by atoms with Gasteiger partial charge < -0.3 is 10.0 Å². The highest BCUT2D eigenvalue weighted by Gasteiger charge is 2.20. The minimum Gasteiger partial charge on any atom is -0.481 e. The largest absolute Gasteiger partial charge is 0.481 e. The number of halogens is 1. The molecule has 0 fully saturated rings. The van der Waals surface area contributed by atoms with Gasteiger partial charge in [0.05, 0.1) is 5.92 Å². The van der Waals surface area contributed by atoms with Crippen LogP contribution in [0, 0.1) is 5.92 Å². The molecule has 1 amide bonds. The van der Waals surface area contributed by atoms with Gasteiger partial charge in [-0.05, 0) is 12.1 Å². The number of nitrogens with zero attached hydrogens (tertiary/aromatic N) is 2. The molecule has 7 heteroatoms. The van der Waals surface area contributed by atoms with Crippen molar-refractivity contribution in [2.75, 3.05) is 13.6 Å². The molecule has 1 aromatic heterocycles. The molecule has 5 nitrogen and oxygen atoms in total. The molecule has 0 aliphatic heterocycles. The van der Waals surface area contributed by atoms with Crippen LogP contribution < -0.4 is 0 Å². The summed E-state index contributed by atoms with van der Waals surface area (Å²) >= 11 is 7.21. The summed E-state index contributed by atoms with van der Waals surface area (Å²) in [6.07, 6.45) is 0. The van der Waals surface area contributed by atoms with Gasteiger partial charge in [0.1, 0.15) is 10.7 Å². The second kappa shape index (κ2) is 6.89. The van der Waals surface area contributed by atoms with Crippen LogP contribution >= 0.6 is 22.9 Å². The molecule has 1 aromatic carbocycles. The van der Waals surface area contributed by atoms with Crippen molar-refractivity contribution in [3.63, 3.8) is 0 Å². The number of carbonyl (C=O) groups is 2. The van der Waals surface area contributed by atoms with Crippen LogP contribution in [-0.4, -0.2) is 40.5 Å². The first-order valence-corrected chi connectivity index (χ1v) is 7.84. The number of benzene rings is 1. The Labute approximate surface area is 137 Å². The highest BCUT2D eigenvalue weighted by atomic mass is 35.5. The monoisotopic (exact) mass is 338 g/mol. The summed E-state index contributed by atoms with van der Waals surface area (Å²) in [5.41, 5.74) is 1.20. The van der Waals surface area contributed by atoms with Crippen LogP contribution in [-0.2, 0) is 4.79 Å². The fourth-order valence-corrected chi connectivity index (χ4v) is 2.79. The van der Waals surface area contributed by atoms with Gasteiger partial charge in [0.15, 0.2) is 0 Å². The molecule has 1 heterocycles. The lowest BCUT2D eigenvalue weighted by molar-refractivity contribution is -0.141. The lowest BCUT2D eigenvalue weighted by Gasteiger charge is -2.18. The third-order valence-electron chi connectivity index (χ3n) is 3.13. The van der Waals surface area contributed by atoms with E-state index in [1.54, 1.807) is 31.5 Å². The van der Waals surface area contributed by atoms with Crippen LogP contribution in [0.4, 0.5) is 0 Å². The number of thiazole rings is 1. The summed E-state index contributed by atoms with van der Waals surface area (Å²) in [4.78, 5) is 28.8. The molecule has 1 N–H and O–H groups in total. The third kappa shape index (κ3) is 3.84. The number of aromatic nitrogens is 1. The average molecular weight is 339 g/mol. The van der Waals surface area contributed by atoms with Crippen molar-refractivity contribution in [1.29, 1.82) is 0 Å². The Morgan fingerprint density at radius 1 is 1.36 bits per heavy atom. The summed E-state index contributed by atoms with van der Waals surface area (Å²) in [7, 11) is 1.57. The van der Waals surface area contributed by atoms with Crippen LogP contribution in [0.5, 0.6) is 0 Å². The molecular formula is C15H15ClN2O3S. The first-order chi connectivity index (χ1) is 10.4. The smallest absolute Gasteiger partial charge is 0.308 e. The van der Waals surface area contributed by atoms with E-state index >= 15 is 0 Å². The van der Waals surface area contributed by atoms with Crippen LogP contribution in [0.1, 0.15) is 17.4 Å². The molecule has 2 aromatic rings. The van der Waals surface area contributed by atoms with Gasteiger partial charge in [-0.3, -0.25) is 9.59 Å². The van der Waals surface area contributed by atoms with Crippen molar-refractivity contribution in [3.8, 4) is 10.6 Å². The van der Waals surface area contributed by atoms with E-state index in [-0.39, 0.29) is 12.5 Å². The second-order valence-electron chi connectivity index (χ2n) is 4.97. The summed E-state index contributed by atoms with van der Waals surface area (Å²) in [6.45, 7) is 1.70. The van der Waals surface area contributed by atoms with Crippen LogP contribution in [0.3, 0.4) is 0 Å². The van der Waals surface area contributed by atoms with Crippen molar-refractivity contribution in [1.82, 2.24) is 9.88 Å². The summed E-state index contributed by atoms with van der Waals surface area (Å²) in [5, 5.41) is 11.9. The Morgan fingerprint density at radius 2 is 2.00 bits per heavy atom. The highest BCUT2D eigenvalue weighted by molar-refractivity contribution is 7.13. The Kier molecular flexibility index (Phi) is 5.15. The van der Waals surface area contributed by atoms with E-state index in [9.17, 15) is 9.59 Å². The fourth-order valence-electron chi connectivity index (χ4n) is 1.86. The van der Waals surface area contributed by atoms with Crippen LogP contribution in [0.2, 0.25) is 5.02 Å². The number of carbonyl (C=O) groups excluding carboxylic acids is 1. The molecule has 0 bridgehead atoms. The van der Waals surface area contributed by atoms with Crippen molar-refractivity contribution in [2.24, 2.45) is 5.92 Å². The van der Waals surface area contributed by atoms with Crippen molar-refractivity contribution in [3.05, 3.63) is 40.4 Å². The van der Waals surface area contributed by atoms with Crippen LogP contribution in [0.25, 0.3) is 10.6 Å². The van der Waals surface area contributed by atoms with Gasteiger partial charge in [0.2, 0.25) is 0 Å². The molecular weight excluding hydrogens is 324 g/mol. The van der Waals surface area contributed by atoms with E-state index in [2.05, 4.69) is 4.98 Å². The molecule has 0 saturated carbocycles. The molecule has 1 atom stereocenters. The number of carboxylic acids is 1. The Morgan fingerprint density at radius 3 is 2.59 bits per heavy atom. The number of carboxylic acid groups (broad SMARTS) is 1. The molecule has 0 spiro atoms. The minimum atomic E-state index is -0.931. The summed E-state index contributed by atoms with van der Waals surface area (Å²) in [6, 6.07) is 7.21. The standard InChI is InChI=1S/C15H15ClN2O3S/c1-9(15(20)21)7-18(2)14(19)12-8-22-13(17-12)10-3-5-11(16)6-4-10/h3-6,8-9H,7H2,1-2H3,(H,20,21)/t9-/m1/s1. The zero-order chi connectivity index (χ0) is 16.3. The minimum absolute atomic E-state index is 0.141. The van der Waals surface area contributed by atoms with Gasteiger partial charge in [-0.2, -0.15) is 0 Å². The highest BCUT2D eigenvalue weighted by Crippen LogP contribution is 2.25. The number of hydrogen-bond acceptors (Lipinski definition) is 4. The second-order valence-corrected chi connectivity index (χ2v) is 6.26. The van der Waals surface area contributed by atoms with Gasteiger partial charge in [0, 0.05) is 29.6 Å². The van der Waals surface area contributed by atoms with E-state index < -0.39 is 11.9 Å². The predicted molar refractivity (Wildman–Crippen MR) is 86.3 cm³/mol. The molecule has 0 unspecified atom stereocenters. The van der Waals surface area contributed by atoms with Gasteiger partial charge >= 0.3 is 5.97 Å². The van der Waals surface area contributed by atoms with E-state index in [0.29, 0.717) is 10.7 Å². The van der Waals surface area contributed by atoms with Gasteiger partial charge in [-0.25, -0.2) is 4.98 Å². The molecule has 2 rings (SSSR count). The zero-order valence-electron chi connectivity index (χ0n) is 12.1. The Hall–Kier alpha value is -1.92. The summed E-state index contributed by atoms with van der Waals surface area (Å²) < 4.78 is 0. The third-order valence-corrected chi connectivity index (χ3v) is 4.27. The molecule has 0 aliphatic carbocycles. The van der Waals surface area contributed by atoms with Crippen molar-refractivity contribution in [2.45, 2.75) is 6.92 Å². The fraction of sp³-hybridized carbons (Fsp3) is 0.267. The lowest BCUT2D eigenvalue weighted by Crippen LogP contribution is -2.33. The van der Waals surface area contributed by atoms with E-state index in [0.717, 1.165) is 10.6 Å². The van der Waals surface area contributed by atoms with Gasteiger partial charge in [0.25, 0.3) is 5.91 Å². The number of hydrogen-bond donors (Lipinski definition) is 1. The normalized spacial score (nSPS) is 12.0. The number of aliphatic carboxylic acids is 1. The van der Waals surface area contributed by atoms with Crippen LogP contribution in [0.15, 0.2) is 29.6 Å². The molecule has 0 saturated heterocycles. The Bertz CT molecular complexity index is 684. The summed E-state index contributed by atoms with van der Waals surface area (Å²) in [5.74, 6) is -1.84. The molecule has 0 aliphatic rings. The van der Waals surface area contributed by atoms with E-state index in [4.69, 9.17) is 16.7 Å². The van der Waals surface area contributed by atoms with E-state index in [1.807, 2.05) is 12.1 Å². The molecule has 22 heavy (non-hydrogen) atoms. The molecule has 0 radical (unpaired) electrons. The SMILES string of the molecule is C[C@H](CN(C)C(=O)c1csc(-c2ccc(Cl)cc2)n1)C(=O)O. The topological polar surface area (TPSA) is 70.5 Å².